The minimum atomic E-state index is 0.791. The van der Waals surface area contributed by atoms with Crippen LogP contribution in [0.1, 0.15) is 25.5 Å². The maximum absolute atomic E-state index is 4.80. The van der Waals surface area contributed by atoms with Crippen LogP contribution in [0.25, 0.3) is 10.9 Å². The van der Waals surface area contributed by atoms with Gasteiger partial charge in [-0.25, -0.2) is 0 Å². The Labute approximate surface area is 127 Å². The summed E-state index contributed by atoms with van der Waals surface area (Å²) in [6.07, 6.45) is 2.66. The van der Waals surface area contributed by atoms with Crippen LogP contribution < -0.4 is 5.32 Å². The maximum atomic E-state index is 4.80. The van der Waals surface area contributed by atoms with Gasteiger partial charge in [-0.1, -0.05) is 31.2 Å². The standard InChI is InChI=1S/C18H25N3/c1-2-19-12-15-6-5-11-21(13-15)14-17-10-9-16-7-3-4-8-18(16)20-17/h3-4,7-10,15,19H,2,5-6,11-14H2,1H3. The molecule has 0 amide bonds. The van der Waals surface area contributed by atoms with Crippen LogP contribution in [-0.4, -0.2) is 36.1 Å². The van der Waals surface area contributed by atoms with Crippen molar-refractivity contribution in [1.29, 1.82) is 0 Å². The molecule has 3 rings (SSSR count). The molecule has 0 spiro atoms. The van der Waals surface area contributed by atoms with Gasteiger partial charge in [0.2, 0.25) is 0 Å². The Hall–Kier alpha value is -1.45. The summed E-state index contributed by atoms with van der Waals surface area (Å²) in [6, 6.07) is 12.7. The number of nitrogens with zero attached hydrogens (tertiary/aromatic N) is 2. The molecule has 21 heavy (non-hydrogen) atoms. The quantitative estimate of drug-likeness (QED) is 0.914. The zero-order chi connectivity index (χ0) is 14.5. The summed E-state index contributed by atoms with van der Waals surface area (Å²) in [5.41, 5.74) is 2.30. The van der Waals surface area contributed by atoms with E-state index >= 15 is 0 Å². The van der Waals surface area contributed by atoms with Crippen molar-refractivity contribution >= 4 is 10.9 Å². The predicted molar refractivity (Wildman–Crippen MR) is 88.3 cm³/mol. The Kier molecular flexibility index (Phi) is 4.84. The van der Waals surface area contributed by atoms with E-state index in [9.17, 15) is 0 Å². The maximum Gasteiger partial charge on any atom is 0.0705 e. The van der Waals surface area contributed by atoms with Crippen molar-refractivity contribution in [1.82, 2.24) is 15.2 Å². The van der Waals surface area contributed by atoms with Crippen molar-refractivity contribution in [3.63, 3.8) is 0 Å². The number of piperidine rings is 1. The van der Waals surface area contributed by atoms with Gasteiger partial charge in [0, 0.05) is 18.5 Å². The third-order valence-corrected chi connectivity index (χ3v) is 4.33. The van der Waals surface area contributed by atoms with E-state index in [1.54, 1.807) is 0 Å². The van der Waals surface area contributed by atoms with Crippen molar-refractivity contribution in [2.45, 2.75) is 26.3 Å². The molecule has 2 aromatic rings. The second-order valence-electron chi connectivity index (χ2n) is 6.05. The number of aromatic nitrogens is 1. The van der Waals surface area contributed by atoms with Crippen LogP contribution in [0.5, 0.6) is 0 Å². The molecule has 0 saturated carbocycles. The second-order valence-corrected chi connectivity index (χ2v) is 6.05. The van der Waals surface area contributed by atoms with Gasteiger partial charge in [0.1, 0.15) is 0 Å². The minimum absolute atomic E-state index is 0.791. The molecule has 0 radical (unpaired) electrons. The first kappa shape index (κ1) is 14.5. The molecule has 1 aliphatic heterocycles. The number of fused-ring (bicyclic) bond motifs is 1. The number of rotatable bonds is 5. The SMILES string of the molecule is CCNCC1CCCN(Cc2ccc3ccccc3n2)C1. The normalized spacial score (nSPS) is 20.0. The molecular formula is C18H25N3. The Morgan fingerprint density at radius 3 is 3.05 bits per heavy atom. The molecule has 112 valence electrons. The zero-order valence-corrected chi connectivity index (χ0v) is 12.9. The smallest absolute Gasteiger partial charge is 0.0705 e. The van der Waals surface area contributed by atoms with Crippen LogP contribution in [0.3, 0.4) is 0 Å². The topological polar surface area (TPSA) is 28.2 Å². The van der Waals surface area contributed by atoms with Gasteiger partial charge in [-0.2, -0.15) is 0 Å². The fourth-order valence-electron chi connectivity index (χ4n) is 3.24. The predicted octanol–water partition coefficient (Wildman–Crippen LogP) is 3.06. The van der Waals surface area contributed by atoms with Gasteiger partial charge in [-0.05, 0) is 50.5 Å². The Bertz CT molecular complexity index is 581. The van der Waals surface area contributed by atoms with Crippen LogP contribution in [0.15, 0.2) is 36.4 Å². The van der Waals surface area contributed by atoms with E-state index in [-0.39, 0.29) is 0 Å². The van der Waals surface area contributed by atoms with E-state index in [1.807, 2.05) is 0 Å². The number of para-hydroxylation sites is 1. The van der Waals surface area contributed by atoms with Gasteiger partial charge in [-0.15, -0.1) is 0 Å². The largest absolute Gasteiger partial charge is 0.317 e. The van der Waals surface area contributed by atoms with Gasteiger partial charge in [0.25, 0.3) is 0 Å². The Morgan fingerprint density at radius 2 is 2.14 bits per heavy atom. The van der Waals surface area contributed by atoms with Crippen molar-refractivity contribution in [2.24, 2.45) is 5.92 Å². The Balaban J connectivity index is 1.64. The third kappa shape index (κ3) is 3.80. The second kappa shape index (κ2) is 7.01. The molecule has 3 nitrogen and oxygen atoms in total. The van der Waals surface area contributed by atoms with Crippen LogP contribution in [-0.2, 0) is 6.54 Å². The summed E-state index contributed by atoms with van der Waals surface area (Å²) in [6.45, 7) is 7.78. The van der Waals surface area contributed by atoms with Crippen molar-refractivity contribution in [2.75, 3.05) is 26.2 Å². The summed E-state index contributed by atoms with van der Waals surface area (Å²) >= 11 is 0. The van der Waals surface area contributed by atoms with Crippen LogP contribution >= 0.6 is 0 Å². The minimum Gasteiger partial charge on any atom is -0.317 e. The van der Waals surface area contributed by atoms with E-state index in [0.29, 0.717) is 0 Å². The molecule has 1 saturated heterocycles. The third-order valence-electron chi connectivity index (χ3n) is 4.33. The highest BCUT2D eigenvalue weighted by atomic mass is 15.1. The number of pyridine rings is 1. The molecule has 0 bridgehead atoms. The van der Waals surface area contributed by atoms with Crippen LogP contribution in [0.4, 0.5) is 0 Å². The number of nitrogens with one attached hydrogen (secondary N) is 1. The van der Waals surface area contributed by atoms with Crippen molar-refractivity contribution in [3.05, 3.63) is 42.1 Å². The molecule has 1 aliphatic rings. The molecule has 1 unspecified atom stereocenters. The van der Waals surface area contributed by atoms with Gasteiger partial charge in [0.05, 0.1) is 11.2 Å². The monoisotopic (exact) mass is 283 g/mol. The van der Waals surface area contributed by atoms with Crippen LogP contribution in [0.2, 0.25) is 0 Å². The number of benzene rings is 1. The van der Waals surface area contributed by atoms with Crippen molar-refractivity contribution < 1.29 is 0 Å². The lowest BCUT2D eigenvalue weighted by molar-refractivity contribution is 0.164. The molecule has 2 heterocycles. The lowest BCUT2D eigenvalue weighted by Gasteiger charge is -2.32. The number of hydrogen-bond acceptors (Lipinski definition) is 3. The summed E-state index contributed by atoms with van der Waals surface area (Å²) in [7, 11) is 0. The Morgan fingerprint density at radius 1 is 1.24 bits per heavy atom. The van der Waals surface area contributed by atoms with Gasteiger partial charge >= 0.3 is 0 Å². The highest BCUT2D eigenvalue weighted by molar-refractivity contribution is 5.78. The molecule has 1 atom stereocenters. The zero-order valence-electron chi connectivity index (χ0n) is 12.9. The highest BCUT2D eigenvalue weighted by Crippen LogP contribution is 2.19. The molecule has 3 heteroatoms. The highest BCUT2D eigenvalue weighted by Gasteiger charge is 2.19. The summed E-state index contributed by atoms with van der Waals surface area (Å²) < 4.78 is 0. The van der Waals surface area contributed by atoms with Crippen LogP contribution in [0, 0.1) is 5.92 Å². The lowest BCUT2D eigenvalue weighted by atomic mass is 9.98. The lowest BCUT2D eigenvalue weighted by Crippen LogP contribution is -2.39. The summed E-state index contributed by atoms with van der Waals surface area (Å²) in [4.78, 5) is 7.36. The number of likely N-dealkylation sites (tertiary alicyclic amines) is 1. The van der Waals surface area contributed by atoms with E-state index in [0.717, 1.165) is 31.1 Å². The average molecular weight is 283 g/mol. The number of hydrogen-bond donors (Lipinski definition) is 1. The van der Waals surface area contributed by atoms with E-state index in [4.69, 9.17) is 4.98 Å². The summed E-state index contributed by atoms with van der Waals surface area (Å²) in [5, 5.41) is 4.71. The van der Waals surface area contributed by atoms with Crippen molar-refractivity contribution in [3.8, 4) is 0 Å². The first-order chi connectivity index (χ1) is 10.3. The van der Waals surface area contributed by atoms with E-state index in [2.05, 4.69) is 53.5 Å². The molecule has 1 aromatic carbocycles. The first-order valence-electron chi connectivity index (χ1n) is 8.13. The van der Waals surface area contributed by atoms with Gasteiger partial charge in [0.15, 0.2) is 0 Å². The first-order valence-corrected chi connectivity index (χ1v) is 8.13. The van der Waals surface area contributed by atoms with E-state index in [1.165, 1.54) is 37.0 Å². The average Bonchev–Trinajstić information content (AvgIpc) is 2.53. The fraction of sp³-hybridized carbons (Fsp3) is 0.500. The molecular weight excluding hydrogens is 258 g/mol. The van der Waals surface area contributed by atoms with E-state index < -0.39 is 0 Å². The fourth-order valence-corrected chi connectivity index (χ4v) is 3.24. The molecule has 1 N–H and O–H groups in total. The molecule has 1 aromatic heterocycles. The van der Waals surface area contributed by atoms with Gasteiger partial charge in [-0.3, -0.25) is 9.88 Å². The summed E-state index contributed by atoms with van der Waals surface area (Å²) in [5.74, 6) is 0.791. The van der Waals surface area contributed by atoms with Gasteiger partial charge < -0.3 is 5.32 Å². The molecule has 0 aliphatic carbocycles. The molecule has 1 fully saturated rings.